The molecule has 0 unspecified atom stereocenters. The number of aliphatic hydroxyl groups excluding tert-OH is 1. The van der Waals surface area contributed by atoms with Crippen LogP contribution in [0.15, 0.2) is 0 Å². The smallest absolute Gasteiger partial charge is 0.235 e. The molecular formula is C16H28N4O3. The van der Waals surface area contributed by atoms with E-state index in [1.165, 1.54) is 0 Å². The van der Waals surface area contributed by atoms with Crippen LogP contribution in [0, 0.1) is 17.2 Å². The van der Waals surface area contributed by atoms with E-state index in [0.29, 0.717) is 6.54 Å². The van der Waals surface area contributed by atoms with Crippen molar-refractivity contribution in [2.45, 2.75) is 25.3 Å². The molecule has 1 aliphatic carbocycles. The first-order valence-corrected chi connectivity index (χ1v) is 8.43. The Kier molecular flexibility index (Phi) is 6.78. The van der Waals surface area contributed by atoms with Crippen molar-refractivity contribution in [2.75, 3.05) is 59.1 Å². The second-order valence-corrected chi connectivity index (χ2v) is 6.59. The molecule has 1 saturated carbocycles. The number of nitrogens with one attached hydrogen (secondary N) is 1. The van der Waals surface area contributed by atoms with Gasteiger partial charge in [0, 0.05) is 32.7 Å². The zero-order chi connectivity index (χ0) is 16.7. The summed E-state index contributed by atoms with van der Waals surface area (Å²) in [6.07, 6.45) is 2.00. The molecular weight excluding hydrogens is 296 g/mol. The van der Waals surface area contributed by atoms with Crippen LogP contribution in [0.4, 0.5) is 0 Å². The molecule has 1 saturated heterocycles. The second kappa shape index (κ2) is 8.60. The molecule has 130 valence electrons. The third-order valence-corrected chi connectivity index (χ3v) is 4.64. The van der Waals surface area contributed by atoms with Crippen molar-refractivity contribution in [1.29, 1.82) is 5.26 Å². The van der Waals surface area contributed by atoms with Gasteiger partial charge >= 0.3 is 0 Å². The Morgan fingerprint density at radius 3 is 2.70 bits per heavy atom. The molecule has 1 amide bonds. The fourth-order valence-electron chi connectivity index (χ4n) is 2.93. The minimum absolute atomic E-state index is 0.0224. The summed E-state index contributed by atoms with van der Waals surface area (Å²) in [4.78, 5) is 16.5. The number of nitrogens with zero attached hydrogens (tertiary/aromatic N) is 3. The van der Waals surface area contributed by atoms with E-state index < -0.39 is 5.54 Å². The molecule has 2 fully saturated rings. The zero-order valence-corrected chi connectivity index (χ0v) is 14.0. The number of morpholine rings is 1. The lowest BCUT2D eigenvalue weighted by atomic mass is 9.98. The predicted molar refractivity (Wildman–Crippen MR) is 85.7 cm³/mol. The molecule has 1 aliphatic heterocycles. The largest absolute Gasteiger partial charge is 0.395 e. The van der Waals surface area contributed by atoms with E-state index in [2.05, 4.69) is 16.3 Å². The van der Waals surface area contributed by atoms with Crippen LogP contribution in [-0.4, -0.2) is 85.4 Å². The van der Waals surface area contributed by atoms with Crippen LogP contribution in [-0.2, 0) is 9.53 Å². The van der Waals surface area contributed by atoms with E-state index in [1.54, 1.807) is 6.92 Å². The molecule has 7 heteroatoms. The average molecular weight is 324 g/mol. The highest BCUT2D eigenvalue weighted by atomic mass is 16.5. The van der Waals surface area contributed by atoms with E-state index in [9.17, 15) is 15.2 Å². The summed E-state index contributed by atoms with van der Waals surface area (Å²) in [5, 5.41) is 21.4. The van der Waals surface area contributed by atoms with Crippen LogP contribution in [0.25, 0.3) is 0 Å². The number of amides is 1. The van der Waals surface area contributed by atoms with E-state index in [0.717, 1.165) is 52.2 Å². The van der Waals surface area contributed by atoms with Crippen LogP contribution < -0.4 is 5.32 Å². The molecule has 1 atom stereocenters. The van der Waals surface area contributed by atoms with Crippen LogP contribution in [0.3, 0.4) is 0 Å². The van der Waals surface area contributed by atoms with Gasteiger partial charge in [-0.15, -0.1) is 0 Å². The van der Waals surface area contributed by atoms with Crippen LogP contribution in [0.5, 0.6) is 0 Å². The molecule has 23 heavy (non-hydrogen) atoms. The molecule has 2 N–H and O–H groups in total. The summed E-state index contributed by atoms with van der Waals surface area (Å²) in [6, 6.07) is 2.24. The van der Waals surface area contributed by atoms with Crippen molar-refractivity contribution in [3.05, 3.63) is 0 Å². The van der Waals surface area contributed by atoms with E-state index in [1.807, 2.05) is 4.90 Å². The van der Waals surface area contributed by atoms with Crippen molar-refractivity contribution >= 4 is 5.91 Å². The molecule has 1 heterocycles. The van der Waals surface area contributed by atoms with Crippen molar-refractivity contribution < 1.29 is 14.6 Å². The molecule has 0 bridgehead atoms. The lowest BCUT2D eigenvalue weighted by Gasteiger charge is -2.30. The van der Waals surface area contributed by atoms with Crippen LogP contribution in [0.1, 0.15) is 19.8 Å². The third kappa shape index (κ3) is 5.74. The molecule has 0 aromatic carbocycles. The van der Waals surface area contributed by atoms with Gasteiger partial charge in [0.1, 0.15) is 5.54 Å². The molecule has 0 aromatic rings. The Morgan fingerprint density at radius 2 is 2.13 bits per heavy atom. The number of aliphatic hydroxyl groups is 1. The number of carbonyl (C=O) groups excluding carboxylic acids is 1. The fourth-order valence-corrected chi connectivity index (χ4v) is 2.93. The van der Waals surface area contributed by atoms with Crippen molar-refractivity contribution in [3.8, 4) is 6.07 Å². The van der Waals surface area contributed by atoms with Gasteiger partial charge in [0.05, 0.1) is 32.4 Å². The van der Waals surface area contributed by atoms with Crippen LogP contribution >= 0.6 is 0 Å². The van der Waals surface area contributed by atoms with Gasteiger partial charge in [0.2, 0.25) is 5.91 Å². The number of hydrogen-bond acceptors (Lipinski definition) is 6. The number of carbonyl (C=O) groups is 1. The number of nitriles is 1. The Balaban J connectivity index is 1.78. The highest BCUT2D eigenvalue weighted by Gasteiger charge is 2.43. The zero-order valence-electron chi connectivity index (χ0n) is 14.0. The SMILES string of the molecule is C[C@@](C#N)(NC(=O)CN(CCO)CCN1CCOCC1)C1CC1. The normalized spacial score (nSPS) is 21.7. The Hall–Kier alpha value is -1.20. The monoisotopic (exact) mass is 324 g/mol. The first-order valence-electron chi connectivity index (χ1n) is 8.43. The Bertz CT molecular complexity index is 430. The maximum atomic E-state index is 12.3. The van der Waals surface area contributed by atoms with Gasteiger partial charge in [-0.2, -0.15) is 5.26 Å². The quantitative estimate of drug-likeness (QED) is 0.590. The molecule has 0 spiro atoms. The number of rotatable bonds is 9. The lowest BCUT2D eigenvalue weighted by Crippen LogP contribution is -2.51. The summed E-state index contributed by atoms with van der Waals surface area (Å²) < 4.78 is 5.32. The Labute approximate surface area is 138 Å². The Morgan fingerprint density at radius 1 is 1.43 bits per heavy atom. The highest BCUT2D eigenvalue weighted by molar-refractivity contribution is 5.79. The topological polar surface area (TPSA) is 88.8 Å². The van der Waals surface area contributed by atoms with E-state index >= 15 is 0 Å². The van der Waals surface area contributed by atoms with Gasteiger partial charge in [0.25, 0.3) is 0 Å². The standard InChI is InChI=1S/C16H28N4O3/c1-16(13-17,14-2-3-14)18-15(22)12-20(6-9-21)5-4-19-7-10-23-11-8-19/h14,21H,2-12H2,1H3,(H,18,22)/t16-/m0/s1. The molecule has 7 nitrogen and oxygen atoms in total. The van der Waals surface area contributed by atoms with E-state index in [-0.39, 0.29) is 25.0 Å². The van der Waals surface area contributed by atoms with Crippen molar-refractivity contribution in [1.82, 2.24) is 15.1 Å². The maximum Gasteiger partial charge on any atom is 0.235 e. The first-order chi connectivity index (χ1) is 11.1. The van der Waals surface area contributed by atoms with Gasteiger partial charge < -0.3 is 15.2 Å². The molecule has 0 aromatic heterocycles. The predicted octanol–water partition coefficient (Wildman–Crippen LogP) is -0.579. The molecule has 2 aliphatic rings. The molecule has 2 rings (SSSR count). The summed E-state index contributed by atoms with van der Waals surface area (Å²) in [5.41, 5.74) is -0.758. The van der Waals surface area contributed by atoms with Crippen molar-refractivity contribution in [2.24, 2.45) is 5.92 Å². The van der Waals surface area contributed by atoms with Gasteiger partial charge in [0.15, 0.2) is 0 Å². The first kappa shape index (κ1) is 18.1. The summed E-state index contributed by atoms with van der Waals surface area (Å²) >= 11 is 0. The summed E-state index contributed by atoms with van der Waals surface area (Å²) in [5.74, 6) is 0.132. The minimum Gasteiger partial charge on any atom is -0.395 e. The summed E-state index contributed by atoms with van der Waals surface area (Å²) in [7, 11) is 0. The fraction of sp³-hybridized carbons (Fsp3) is 0.875. The highest BCUT2D eigenvalue weighted by Crippen LogP contribution is 2.39. The maximum absolute atomic E-state index is 12.3. The van der Waals surface area contributed by atoms with E-state index in [4.69, 9.17) is 4.74 Å². The number of hydrogen-bond donors (Lipinski definition) is 2. The van der Waals surface area contributed by atoms with Gasteiger partial charge in [-0.1, -0.05) is 0 Å². The summed E-state index contributed by atoms with van der Waals surface area (Å²) in [6.45, 7) is 7.40. The minimum atomic E-state index is -0.758. The lowest BCUT2D eigenvalue weighted by molar-refractivity contribution is -0.123. The second-order valence-electron chi connectivity index (χ2n) is 6.59. The van der Waals surface area contributed by atoms with Gasteiger partial charge in [-0.05, 0) is 25.7 Å². The van der Waals surface area contributed by atoms with Crippen LogP contribution in [0.2, 0.25) is 0 Å². The van der Waals surface area contributed by atoms with Gasteiger partial charge in [-0.3, -0.25) is 14.6 Å². The van der Waals surface area contributed by atoms with Gasteiger partial charge in [-0.25, -0.2) is 0 Å². The third-order valence-electron chi connectivity index (χ3n) is 4.64. The molecule has 0 radical (unpaired) electrons. The number of ether oxygens (including phenoxy) is 1. The average Bonchev–Trinajstić information content (AvgIpc) is 3.39. The van der Waals surface area contributed by atoms with Crippen molar-refractivity contribution in [3.63, 3.8) is 0 Å².